The number of carbonyl (C=O) groups excluding carboxylic acids is 1. The van der Waals surface area contributed by atoms with E-state index in [-0.39, 0.29) is 18.8 Å². The van der Waals surface area contributed by atoms with Crippen LogP contribution in [-0.4, -0.2) is 35.2 Å². The molecular formula is C12H12F3NO2. The van der Waals surface area contributed by atoms with Gasteiger partial charge in [-0.15, -0.1) is 0 Å². The number of phenols is 1. The van der Waals surface area contributed by atoms with Crippen LogP contribution in [0.2, 0.25) is 0 Å². The van der Waals surface area contributed by atoms with Crippen molar-refractivity contribution < 1.29 is 23.1 Å². The van der Waals surface area contributed by atoms with Crippen molar-refractivity contribution in [3.63, 3.8) is 0 Å². The van der Waals surface area contributed by atoms with Crippen LogP contribution in [0.4, 0.5) is 13.2 Å². The predicted molar refractivity (Wildman–Crippen MR) is 58.1 cm³/mol. The lowest BCUT2D eigenvalue weighted by Crippen LogP contribution is -2.42. The summed E-state index contributed by atoms with van der Waals surface area (Å²) < 4.78 is 37.0. The number of carbonyl (C=O) groups is 1. The topological polar surface area (TPSA) is 40.5 Å². The van der Waals surface area contributed by atoms with Crippen molar-refractivity contribution in [3.8, 4) is 5.75 Å². The molecule has 0 spiro atoms. The Kier molecular flexibility index (Phi) is 3.19. The third-order valence-corrected chi connectivity index (χ3v) is 3.02. The van der Waals surface area contributed by atoms with Crippen molar-refractivity contribution in [2.24, 2.45) is 0 Å². The van der Waals surface area contributed by atoms with Crippen LogP contribution in [-0.2, 0) is 17.6 Å². The third kappa shape index (κ3) is 2.57. The van der Waals surface area contributed by atoms with Gasteiger partial charge in [-0.25, -0.2) is 0 Å². The van der Waals surface area contributed by atoms with Crippen molar-refractivity contribution >= 4 is 5.91 Å². The Morgan fingerprint density at radius 3 is 2.39 bits per heavy atom. The molecule has 2 rings (SSSR count). The third-order valence-electron chi connectivity index (χ3n) is 3.02. The van der Waals surface area contributed by atoms with Crippen LogP contribution in [0.5, 0.6) is 5.75 Å². The van der Waals surface area contributed by atoms with Gasteiger partial charge in [0.2, 0.25) is 0 Å². The molecule has 1 N–H and O–H groups in total. The smallest absolute Gasteiger partial charge is 0.471 e. The summed E-state index contributed by atoms with van der Waals surface area (Å²) in [6.07, 6.45) is -4.12. The predicted octanol–water partition coefficient (Wildman–Crippen LogP) is 1.88. The van der Waals surface area contributed by atoms with Crippen LogP contribution in [0.25, 0.3) is 0 Å². The first-order chi connectivity index (χ1) is 8.38. The van der Waals surface area contributed by atoms with E-state index in [9.17, 15) is 23.1 Å². The summed E-state index contributed by atoms with van der Waals surface area (Å²) in [7, 11) is 0. The van der Waals surface area contributed by atoms with Gasteiger partial charge in [-0.05, 0) is 36.1 Å². The number of benzene rings is 1. The number of aromatic hydroxyl groups is 1. The minimum atomic E-state index is -4.82. The first-order valence-electron chi connectivity index (χ1n) is 5.55. The van der Waals surface area contributed by atoms with Crippen LogP contribution in [0, 0.1) is 0 Å². The molecule has 18 heavy (non-hydrogen) atoms. The fourth-order valence-corrected chi connectivity index (χ4v) is 2.09. The van der Waals surface area contributed by atoms with E-state index in [1.807, 2.05) is 0 Å². The van der Waals surface area contributed by atoms with Crippen LogP contribution < -0.4 is 0 Å². The molecule has 0 atom stereocenters. The van der Waals surface area contributed by atoms with Crippen LogP contribution >= 0.6 is 0 Å². The molecule has 1 aliphatic heterocycles. The lowest BCUT2D eigenvalue weighted by Gasteiger charge is -2.21. The normalized spacial score (nSPS) is 16.1. The lowest BCUT2D eigenvalue weighted by atomic mass is 10.0. The number of amides is 1. The zero-order valence-corrected chi connectivity index (χ0v) is 9.50. The van der Waals surface area contributed by atoms with Crippen molar-refractivity contribution in [2.45, 2.75) is 19.0 Å². The summed E-state index contributed by atoms with van der Waals surface area (Å²) in [4.78, 5) is 12.0. The number of phenolic OH excluding ortho intramolecular Hbond substituents is 1. The quantitative estimate of drug-likeness (QED) is 0.772. The van der Waals surface area contributed by atoms with Crippen molar-refractivity contribution in [2.75, 3.05) is 13.1 Å². The molecule has 0 bridgehead atoms. The van der Waals surface area contributed by atoms with Gasteiger partial charge in [-0.2, -0.15) is 13.2 Å². The SMILES string of the molecule is O=C(N1CCc2ccc(O)cc2CC1)C(F)(F)F. The molecule has 1 aliphatic rings. The highest BCUT2D eigenvalue weighted by Gasteiger charge is 2.42. The largest absolute Gasteiger partial charge is 0.508 e. The molecule has 1 heterocycles. The highest BCUT2D eigenvalue weighted by Crippen LogP contribution is 2.24. The second kappa shape index (κ2) is 4.51. The minimum absolute atomic E-state index is 0.0226. The first-order valence-corrected chi connectivity index (χ1v) is 5.55. The molecule has 98 valence electrons. The first kappa shape index (κ1) is 12.7. The van der Waals surface area contributed by atoms with Gasteiger partial charge in [0, 0.05) is 13.1 Å². The molecule has 3 nitrogen and oxygen atoms in total. The fourth-order valence-electron chi connectivity index (χ4n) is 2.09. The van der Waals surface area contributed by atoms with Gasteiger partial charge >= 0.3 is 12.1 Å². The second-order valence-electron chi connectivity index (χ2n) is 4.24. The maximum absolute atomic E-state index is 12.3. The Bertz CT molecular complexity index is 471. The minimum Gasteiger partial charge on any atom is -0.508 e. The molecule has 0 unspecified atom stereocenters. The van der Waals surface area contributed by atoms with E-state index in [0.717, 1.165) is 16.0 Å². The van der Waals surface area contributed by atoms with E-state index in [1.54, 1.807) is 6.07 Å². The van der Waals surface area contributed by atoms with E-state index < -0.39 is 12.1 Å². The van der Waals surface area contributed by atoms with Gasteiger partial charge in [0.25, 0.3) is 0 Å². The number of hydrogen-bond donors (Lipinski definition) is 1. The molecule has 0 saturated carbocycles. The number of fused-ring (bicyclic) bond motifs is 1. The van der Waals surface area contributed by atoms with Crippen LogP contribution in [0.1, 0.15) is 11.1 Å². The maximum Gasteiger partial charge on any atom is 0.471 e. The number of hydrogen-bond acceptors (Lipinski definition) is 2. The molecule has 0 saturated heterocycles. The average molecular weight is 259 g/mol. The van der Waals surface area contributed by atoms with Gasteiger partial charge in [-0.3, -0.25) is 4.79 Å². The summed E-state index contributed by atoms with van der Waals surface area (Å²) in [6, 6.07) is 4.73. The van der Waals surface area contributed by atoms with Gasteiger partial charge in [0.05, 0.1) is 0 Å². The fraction of sp³-hybridized carbons (Fsp3) is 0.417. The summed E-state index contributed by atoms with van der Waals surface area (Å²) in [6.45, 7) is 0.0743. The highest BCUT2D eigenvalue weighted by atomic mass is 19.4. The molecule has 6 heteroatoms. The van der Waals surface area contributed by atoms with Crippen LogP contribution in [0.15, 0.2) is 18.2 Å². The Hall–Kier alpha value is -1.72. The van der Waals surface area contributed by atoms with E-state index in [2.05, 4.69) is 0 Å². The monoisotopic (exact) mass is 259 g/mol. The Labute approximate surface area is 102 Å². The van der Waals surface area contributed by atoms with Crippen LogP contribution in [0.3, 0.4) is 0 Å². The summed E-state index contributed by atoms with van der Waals surface area (Å²) >= 11 is 0. The second-order valence-corrected chi connectivity index (χ2v) is 4.24. The number of alkyl halides is 3. The summed E-state index contributed by atoms with van der Waals surface area (Å²) in [5.74, 6) is -1.70. The standard InChI is InChI=1S/C12H12F3NO2/c13-12(14,15)11(18)16-5-3-8-1-2-10(17)7-9(8)4-6-16/h1-2,7,17H,3-6H2. The zero-order chi connectivity index (χ0) is 13.3. The molecule has 1 aromatic rings. The molecular weight excluding hydrogens is 247 g/mol. The number of rotatable bonds is 0. The van der Waals surface area contributed by atoms with Crippen molar-refractivity contribution in [1.29, 1.82) is 0 Å². The number of halogens is 3. The van der Waals surface area contributed by atoms with Crippen molar-refractivity contribution in [1.82, 2.24) is 4.90 Å². The van der Waals surface area contributed by atoms with E-state index in [1.165, 1.54) is 12.1 Å². The van der Waals surface area contributed by atoms with Crippen molar-refractivity contribution in [3.05, 3.63) is 29.3 Å². The Balaban J connectivity index is 2.15. The summed E-state index contributed by atoms with van der Waals surface area (Å²) in [5, 5.41) is 9.32. The van der Waals surface area contributed by atoms with Gasteiger partial charge in [0.1, 0.15) is 5.75 Å². The van der Waals surface area contributed by atoms with E-state index in [0.29, 0.717) is 12.8 Å². The van der Waals surface area contributed by atoms with E-state index >= 15 is 0 Å². The Morgan fingerprint density at radius 2 is 1.78 bits per heavy atom. The summed E-state index contributed by atoms with van der Waals surface area (Å²) in [5.41, 5.74) is 1.68. The van der Waals surface area contributed by atoms with Gasteiger partial charge in [0.15, 0.2) is 0 Å². The molecule has 1 amide bonds. The average Bonchev–Trinajstić information content (AvgIpc) is 2.48. The molecule has 0 fully saturated rings. The lowest BCUT2D eigenvalue weighted by molar-refractivity contribution is -0.185. The molecule has 0 aromatic heterocycles. The Morgan fingerprint density at radius 1 is 1.17 bits per heavy atom. The number of nitrogens with zero attached hydrogens (tertiary/aromatic N) is 1. The maximum atomic E-state index is 12.3. The zero-order valence-electron chi connectivity index (χ0n) is 9.50. The van der Waals surface area contributed by atoms with Gasteiger partial charge < -0.3 is 10.0 Å². The highest BCUT2D eigenvalue weighted by molar-refractivity contribution is 5.82. The molecule has 0 aliphatic carbocycles. The van der Waals surface area contributed by atoms with E-state index in [4.69, 9.17) is 0 Å². The van der Waals surface area contributed by atoms with Gasteiger partial charge in [-0.1, -0.05) is 6.07 Å². The molecule has 0 radical (unpaired) electrons. The molecule has 1 aromatic carbocycles.